The Morgan fingerprint density at radius 3 is 2.80 bits per heavy atom. The number of nitro benzene ring substituents is 1. The zero-order chi connectivity index (χ0) is 14.7. The molecule has 1 aliphatic rings. The highest BCUT2D eigenvalue weighted by Gasteiger charge is 2.24. The van der Waals surface area contributed by atoms with Gasteiger partial charge >= 0.3 is 0 Å². The molecule has 0 saturated carbocycles. The van der Waals surface area contributed by atoms with Gasteiger partial charge in [0.15, 0.2) is 0 Å². The predicted molar refractivity (Wildman–Crippen MR) is 80.9 cm³/mol. The molecule has 0 bridgehead atoms. The molecule has 1 fully saturated rings. The van der Waals surface area contributed by atoms with Crippen LogP contribution in [0, 0.1) is 16.0 Å². The van der Waals surface area contributed by atoms with E-state index < -0.39 is 0 Å². The maximum Gasteiger partial charge on any atom is 0.269 e. The highest BCUT2D eigenvalue weighted by atomic mass is 16.6. The van der Waals surface area contributed by atoms with Gasteiger partial charge in [0.1, 0.15) is 0 Å². The minimum Gasteiger partial charge on any atom is -0.388 e. The van der Waals surface area contributed by atoms with Crippen molar-refractivity contribution in [1.29, 1.82) is 0 Å². The van der Waals surface area contributed by atoms with Gasteiger partial charge in [-0.25, -0.2) is 0 Å². The fraction of sp³-hybridized carbons (Fsp3) is 0.600. The van der Waals surface area contributed by atoms with Gasteiger partial charge in [-0.05, 0) is 43.9 Å². The lowest BCUT2D eigenvalue weighted by Crippen LogP contribution is -2.39. The lowest BCUT2D eigenvalue weighted by Gasteiger charge is -2.36. The van der Waals surface area contributed by atoms with Crippen molar-refractivity contribution < 1.29 is 4.92 Å². The average Bonchev–Trinajstić information content (AvgIpc) is 2.41. The van der Waals surface area contributed by atoms with E-state index in [1.54, 1.807) is 18.2 Å². The Balaban J connectivity index is 2.18. The molecule has 1 aromatic carbocycles. The van der Waals surface area contributed by atoms with Crippen molar-refractivity contribution in [1.82, 2.24) is 4.90 Å². The molecule has 0 amide bonds. The molecule has 2 rings (SSSR count). The van der Waals surface area contributed by atoms with Crippen LogP contribution in [0.15, 0.2) is 18.2 Å². The number of piperidine rings is 1. The monoisotopic (exact) mass is 277 g/mol. The van der Waals surface area contributed by atoms with Crippen LogP contribution in [-0.2, 0) is 6.54 Å². The number of rotatable bonds is 4. The standard InChI is InChI=1S/C15H23N3O2/c1-11-6-7-17(12(2)8-11)10-13-9-14(18(19)20)4-5-15(13)16-3/h4-5,9,11-12,16H,6-8,10H2,1-3H3. The van der Waals surface area contributed by atoms with Crippen LogP contribution < -0.4 is 5.32 Å². The zero-order valence-electron chi connectivity index (χ0n) is 12.4. The van der Waals surface area contributed by atoms with E-state index >= 15 is 0 Å². The Morgan fingerprint density at radius 1 is 1.45 bits per heavy atom. The topological polar surface area (TPSA) is 58.4 Å². The van der Waals surface area contributed by atoms with Gasteiger partial charge in [0.05, 0.1) is 4.92 Å². The number of nitrogens with zero attached hydrogens (tertiary/aromatic N) is 2. The van der Waals surface area contributed by atoms with Crippen molar-refractivity contribution in [2.24, 2.45) is 5.92 Å². The van der Waals surface area contributed by atoms with Crippen LogP contribution in [0.1, 0.15) is 32.3 Å². The number of likely N-dealkylation sites (tertiary alicyclic amines) is 1. The van der Waals surface area contributed by atoms with Gasteiger partial charge in [-0.2, -0.15) is 0 Å². The van der Waals surface area contributed by atoms with Crippen molar-refractivity contribution in [3.05, 3.63) is 33.9 Å². The second-order valence-electron chi connectivity index (χ2n) is 5.80. The number of hydrogen-bond acceptors (Lipinski definition) is 4. The maximum atomic E-state index is 10.9. The summed E-state index contributed by atoms with van der Waals surface area (Å²) in [5.74, 6) is 0.773. The van der Waals surface area contributed by atoms with Gasteiger partial charge in [-0.1, -0.05) is 6.92 Å². The summed E-state index contributed by atoms with van der Waals surface area (Å²) in [7, 11) is 1.85. The summed E-state index contributed by atoms with van der Waals surface area (Å²) in [5, 5.41) is 14.0. The number of anilines is 1. The number of nitro groups is 1. The van der Waals surface area contributed by atoms with Crippen LogP contribution in [0.2, 0.25) is 0 Å². The summed E-state index contributed by atoms with van der Waals surface area (Å²) < 4.78 is 0. The lowest BCUT2D eigenvalue weighted by atomic mass is 9.93. The van der Waals surface area contributed by atoms with E-state index in [0.29, 0.717) is 6.04 Å². The van der Waals surface area contributed by atoms with Crippen molar-refractivity contribution in [2.45, 2.75) is 39.3 Å². The molecule has 0 spiro atoms. The van der Waals surface area contributed by atoms with E-state index in [-0.39, 0.29) is 10.6 Å². The Kier molecular flexibility index (Phi) is 4.60. The normalized spacial score (nSPS) is 23.6. The Morgan fingerprint density at radius 2 is 2.20 bits per heavy atom. The quantitative estimate of drug-likeness (QED) is 0.678. The van der Waals surface area contributed by atoms with Crippen molar-refractivity contribution in [3.63, 3.8) is 0 Å². The number of nitrogens with one attached hydrogen (secondary N) is 1. The fourth-order valence-corrected chi connectivity index (χ4v) is 2.98. The minimum absolute atomic E-state index is 0.164. The molecule has 1 N–H and O–H groups in total. The first-order valence-corrected chi connectivity index (χ1v) is 7.20. The van der Waals surface area contributed by atoms with Crippen molar-refractivity contribution in [2.75, 3.05) is 18.9 Å². The molecule has 0 aromatic heterocycles. The summed E-state index contributed by atoms with van der Waals surface area (Å²) in [6.45, 7) is 6.37. The third-order valence-corrected chi connectivity index (χ3v) is 4.22. The van der Waals surface area contributed by atoms with E-state index in [2.05, 4.69) is 24.1 Å². The van der Waals surface area contributed by atoms with Crippen LogP contribution in [0.4, 0.5) is 11.4 Å². The highest BCUT2D eigenvalue weighted by molar-refractivity contribution is 5.55. The Bertz CT molecular complexity index is 490. The Hall–Kier alpha value is -1.62. The first kappa shape index (κ1) is 14.8. The number of non-ortho nitro benzene ring substituents is 1. The van der Waals surface area contributed by atoms with Gasteiger partial charge in [-0.15, -0.1) is 0 Å². The van der Waals surface area contributed by atoms with E-state index in [4.69, 9.17) is 0 Å². The largest absolute Gasteiger partial charge is 0.388 e. The molecule has 20 heavy (non-hydrogen) atoms. The van der Waals surface area contributed by atoms with E-state index in [0.717, 1.165) is 30.3 Å². The molecule has 5 heteroatoms. The minimum atomic E-state index is -0.329. The summed E-state index contributed by atoms with van der Waals surface area (Å²) >= 11 is 0. The Labute approximate surface area is 120 Å². The van der Waals surface area contributed by atoms with E-state index in [1.165, 1.54) is 12.8 Å². The van der Waals surface area contributed by atoms with Gasteiger partial charge in [0.25, 0.3) is 5.69 Å². The average molecular weight is 277 g/mol. The number of hydrogen-bond donors (Lipinski definition) is 1. The molecular weight excluding hydrogens is 254 g/mol. The van der Waals surface area contributed by atoms with Crippen LogP contribution in [0.3, 0.4) is 0 Å². The molecule has 1 aliphatic heterocycles. The smallest absolute Gasteiger partial charge is 0.269 e. The molecule has 2 unspecified atom stereocenters. The van der Waals surface area contributed by atoms with Crippen LogP contribution in [-0.4, -0.2) is 29.5 Å². The first-order chi connectivity index (χ1) is 9.51. The predicted octanol–water partition coefficient (Wildman–Crippen LogP) is 3.26. The zero-order valence-corrected chi connectivity index (χ0v) is 12.4. The van der Waals surface area contributed by atoms with E-state index in [9.17, 15) is 10.1 Å². The molecule has 1 aromatic rings. The third-order valence-electron chi connectivity index (χ3n) is 4.22. The summed E-state index contributed by atoms with van der Waals surface area (Å²) in [4.78, 5) is 13.0. The fourth-order valence-electron chi connectivity index (χ4n) is 2.98. The molecule has 0 aliphatic carbocycles. The highest BCUT2D eigenvalue weighted by Crippen LogP contribution is 2.28. The van der Waals surface area contributed by atoms with E-state index in [1.807, 2.05) is 7.05 Å². The first-order valence-electron chi connectivity index (χ1n) is 7.20. The molecule has 0 radical (unpaired) electrons. The van der Waals surface area contributed by atoms with Crippen LogP contribution in [0.25, 0.3) is 0 Å². The van der Waals surface area contributed by atoms with Crippen molar-refractivity contribution >= 4 is 11.4 Å². The molecule has 1 heterocycles. The molecule has 110 valence electrons. The third kappa shape index (κ3) is 3.28. The molecular formula is C15H23N3O2. The summed E-state index contributed by atoms with van der Waals surface area (Å²) in [6, 6.07) is 5.57. The lowest BCUT2D eigenvalue weighted by molar-refractivity contribution is -0.384. The van der Waals surface area contributed by atoms with Gasteiger partial charge < -0.3 is 5.32 Å². The van der Waals surface area contributed by atoms with Gasteiger partial charge in [0.2, 0.25) is 0 Å². The van der Waals surface area contributed by atoms with Gasteiger partial charge in [0, 0.05) is 37.5 Å². The second-order valence-corrected chi connectivity index (χ2v) is 5.80. The maximum absolute atomic E-state index is 10.9. The summed E-state index contributed by atoms with van der Waals surface area (Å²) in [6.07, 6.45) is 2.40. The van der Waals surface area contributed by atoms with Gasteiger partial charge in [-0.3, -0.25) is 15.0 Å². The van der Waals surface area contributed by atoms with Crippen LogP contribution >= 0.6 is 0 Å². The number of benzene rings is 1. The van der Waals surface area contributed by atoms with Crippen molar-refractivity contribution in [3.8, 4) is 0 Å². The summed E-state index contributed by atoms with van der Waals surface area (Å²) in [5.41, 5.74) is 2.14. The SMILES string of the molecule is CNc1ccc([N+](=O)[O-])cc1CN1CCC(C)CC1C. The molecule has 2 atom stereocenters. The molecule has 5 nitrogen and oxygen atoms in total. The molecule has 1 saturated heterocycles. The second kappa shape index (κ2) is 6.22. The van der Waals surface area contributed by atoms with Crippen LogP contribution in [0.5, 0.6) is 0 Å².